The number of rotatable bonds is 3. The number of aliphatic hydroxyl groups is 1. The predicted octanol–water partition coefficient (Wildman–Crippen LogP) is 2.85. The molecule has 0 aliphatic heterocycles. The molecule has 0 aromatic heterocycles. The fraction of sp³-hybridized carbons (Fsp3) is 1.00. The van der Waals surface area contributed by atoms with E-state index < -0.39 is 23.1 Å². The van der Waals surface area contributed by atoms with E-state index in [4.69, 9.17) is 5.73 Å². The standard InChI is InChI=1S/C12H22F3NO/c1-3-10(2,8-16)11(17)6-4-9(5-7-11)12(13,14)15/h9,17H,3-8,16H2,1-2H3. The van der Waals surface area contributed by atoms with E-state index in [2.05, 4.69) is 0 Å². The minimum absolute atomic E-state index is 0.00951. The SMILES string of the molecule is CCC(C)(CN)C1(O)CCC(C(F)(F)F)CC1. The summed E-state index contributed by atoms with van der Waals surface area (Å²) in [6, 6.07) is 0. The molecule has 102 valence electrons. The van der Waals surface area contributed by atoms with Gasteiger partial charge in [-0.2, -0.15) is 13.2 Å². The summed E-state index contributed by atoms with van der Waals surface area (Å²) in [5, 5.41) is 10.5. The first-order valence-electron chi connectivity index (χ1n) is 6.18. The van der Waals surface area contributed by atoms with Gasteiger partial charge in [-0.05, 0) is 32.1 Å². The lowest BCUT2D eigenvalue weighted by atomic mass is 9.63. The van der Waals surface area contributed by atoms with Crippen molar-refractivity contribution in [3.63, 3.8) is 0 Å². The fourth-order valence-electron chi connectivity index (χ4n) is 2.69. The topological polar surface area (TPSA) is 46.2 Å². The zero-order chi connectivity index (χ0) is 13.3. The van der Waals surface area contributed by atoms with E-state index in [9.17, 15) is 18.3 Å². The van der Waals surface area contributed by atoms with Crippen molar-refractivity contribution in [2.75, 3.05) is 6.54 Å². The zero-order valence-corrected chi connectivity index (χ0v) is 10.5. The Bertz CT molecular complexity index is 253. The van der Waals surface area contributed by atoms with Crippen LogP contribution in [0, 0.1) is 11.3 Å². The molecule has 1 atom stereocenters. The Hall–Kier alpha value is -0.290. The highest BCUT2D eigenvalue weighted by Gasteiger charge is 2.51. The van der Waals surface area contributed by atoms with Crippen molar-refractivity contribution in [2.24, 2.45) is 17.1 Å². The number of nitrogens with two attached hydrogens (primary N) is 1. The molecule has 0 aromatic rings. The number of hydrogen-bond acceptors (Lipinski definition) is 2. The van der Waals surface area contributed by atoms with Crippen LogP contribution in [0.3, 0.4) is 0 Å². The molecule has 0 aromatic carbocycles. The Morgan fingerprint density at radius 3 is 2.06 bits per heavy atom. The van der Waals surface area contributed by atoms with Crippen LogP contribution in [-0.2, 0) is 0 Å². The third-order valence-corrected chi connectivity index (χ3v) is 4.63. The lowest BCUT2D eigenvalue weighted by molar-refractivity contribution is -0.202. The maximum absolute atomic E-state index is 12.5. The first-order valence-corrected chi connectivity index (χ1v) is 6.18. The van der Waals surface area contributed by atoms with Gasteiger partial charge in [-0.15, -0.1) is 0 Å². The molecule has 1 rings (SSSR count). The summed E-state index contributed by atoms with van der Waals surface area (Å²) in [5.74, 6) is -1.26. The predicted molar refractivity (Wildman–Crippen MR) is 60.4 cm³/mol. The van der Waals surface area contributed by atoms with Crippen LogP contribution < -0.4 is 5.73 Å². The third-order valence-electron chi connectivity index (χ3n) is 4.63. The van der Waals surface area contributed by atoms with Crippen molar-refractivity contribution < 1.29 is 18.3 Å². The Morgan fingerprint density at radius 2 is 1.76 bits per heavy atom. The van der Waals surface area contributed by atoms with Gasteiger partial charge in [0.25, 0.3) is 0 Å². The molecule has 1 saturated carbocycles. The summed E-state index contributed by atoms with van der Waals surface area (Å²) >= 11 is 0. The van der Waals surface area contributed by atoms with E-state index in [1.807, 2.05) is 13.8 Å². The summed E-state index contributed by atoms with van der Waals surface area (Å²) < 4.78 is 37.6. The van der Waals surface area contributed by atoms with Crippen LogP contribution in [0.2, 0.25) is 0 Å². The third kappa shape index (κ3) is 2.76. The van der Waals surface area contributed by atoms with E-state index in [-0.39, 0.29) is 25.7 Å². The average molecular weight is 253 g/mol. The molecule has 2 nitrogen and oxygen atoms in total. The van der Waals surface area contributed by atoms with Crippen molar-refractivity contribution in [3.8, 4) is 0 Å². The van der Waals surface area contributed by atoms with Crippen LogP contribution in [0.15, 0.2) is 0 Å². The maximum atomic E-state index is 12.5. The highest BCUT2D eigenvalue weighted by molar-refractivity contribution is 4.99. The summed E-state index contributed by atoms with van der Waals surface area (Å²) in [5.41, 5.74) is 4.15. The number of alkyl halides is 3. The molecule has 0 spiro atoms. The van der Waals surface area contributed by atoms with Gasteiger partial charge in [0.2, 0.25) is 0 Å². The van der Waals surface area contributed by atoms with Gasteiger partial charge in [0.1, 0.15) is 0 Å². The summed E-state index contributed by atoms with van der Waals surface area (Å²) in [4.78, 5) is 0. The van der Waals surface area contributed by atoms with E-state index in [0.717, 1.165) is 0 Å². The Morgan fingerprint density at radius 1 is 1.29 bits per heavy atom. The molecule has 3 N–H and O–H groups in total. The minimum atomic E-state index is -4.13. The molecule has 1 unspecified atom stereocenters. The van der Waals surface area contributed by atoms with Gasteiger partial charge in [0.05, 0.1) is 11.5 Å². The largest absolute Gasteiger partial charge is 0.391 e. The Balaban J connectivity index is 2.73. The van der Waals surface area contributed by atoms with Gasteiger partial charge in [0, 0.05) is 12.0 Å². The number of hydrogen-bond donors (Lipinski definition) is 2. The highest BCUT2D eigenvalue weighted by atomic mass is 19.4. The van der Waals surface area contributed by atoms with Crippen molar-refractivity contribution in [3.05, 3.63) is 0 Å². The van der Waals surface area contributed by atoms with Gasteiger partial charge in [0.15, 0.2) is 0 Å². The molecule has 0 radical (unpaired) electrons. The smallest absolute Gasteiger partial charge is 0.389 e. The van der Waals surface area contributed by atoms with E-state index in [1.165, 1.54) is 0 Å². The Labute approximate surface area is 100 Å². The second-order valence-corrected chi connectivity index (χ2v) is 5.47. The Kier molecular flexibility index (Phi) is 4.14. The van der Waals surface area contributed by atoms with Crippen molar-refractivity contribution in [1.82, 2.24) is 0 Å². The summed E-state index contributed by atoms with van der Waals surface area (Å²) in [7, 11) is 0. The van der Waals surface area contributed by atoms with Gasteiger partial charge in [-0.3, -0.25) is 0 Å². The average Bonchev–Trinajstić information content (AvgIpc) is 2.27. The van der Waals surface area contributed by atoms with Gasteiger partial charge < -0.3 is 10.8 Å². The summed E-state index contributed by atoms with van der Waals surface area (Å²) in [6.45, 7) is 4.08. The minimum Gasteiger partial charge on any atom is -0.389 e. The van der Waals surface area contributed by atoms with Crippen LogP contribution in [-0.4, -0.2) is 23.4 Å². The van der Waals surface area contributed by atoms with Crippen molar-refractivity contribution in [1.29, 1.82) is 0 Å². The van der Waals surface area contributed by atoms with Crippen LogP contribution in [0.25, 0.3) is 0 Å². The van der Waals surface area contributed by atoms with E-state index in [1.54, 1.807) is 0 Å². The second kappa shape index (κ2) is 4.76. The lowest BCUT2D eigenvalue weighted by Gasteiger charge is -2.48. The second-order valence-electron chi connectivity index (χ2n) is 5.47. The van der Waals surface area contributed by atoms with E-state index >= 15 is 0 Å². The van der Waals surface area contributed by atoms with Crippen molar-refractivity contribution in [2.45, 2.75) is 57.7 Å². The van der Waals surface area contributed by atoms with Gasteiger partial charge >= 0.3 is 6.18 Å². The lowest BCUT2D eigenvalue weighted by Crippen LogP contribution is -2.53. The van der Waals surface area contributed by atoms with Gasteiger partial charge in [-0.1, -0.05) is 13.8 Å². The zero-order valence-electron chi connectivity index (χ0n) is 10.5. The molecule has 0 saturated heterocycles. The fourth-order valence-corrected chi connectivity index (χ4v) is 2.69. The first-order chi connectivity index (χ1) is 7.68. The van der Waals surface area contributed by atoms with Gasteiger partial charge in [-0.25, -0.2) is 0 Å². The molecular weight excluding hydrogens is 231 g/mol. The molecular formula is C12H22F3NO. The van der Waals surface area contributed by atoms with Crippen LogP contribution in [0.1, 0.15) is 46.0 Å². The molecule has 1 aliphatic rings. The first kappa shape index (κ1) is 14.8. The van der Waals surface area contributed by atoms with E-state index in [0.29, 0.717) is 13.0 Å². The monoisotopic (exact) mass is 253 g/mol. The van der Waals surface area contributed by atoms with Crippen LogP contribution in [0.5, 0.6) is 0 Å². The normalized spacial score (nSPS) is 34.4. The molecule has 0 heterocycles. The molecule has 1 fully saturated rings. The molecule has 17 heavy (non-hydrogen) atoms. The van der Waals surface area contributed by atoms with Crippen molar-refractivity contribution >= 4 is 0 Å². The molecule has 0 amide bonds. The van der Waals surface area contributed by atoms with Crippen LogP contribution >= 0.6 is 0 Å². The summed E-state index contributed by atoms with van der Waals surface area (Å²) in [6.07, 6.45) is -3.05. The number of halogens is 3. The molecule has 1 aliphatic carbocycles. The maximum Gasteiger partial charge on any atom is 0.391 e. The molecule has 0 bridgehead atoms. The molecule has 5 heteroatoms. The quantitative estimate of drug-likeness (QED) is 0.812. The highest BCUT2D eigenvalue weighted by Crippen LogP contribution is 2.48. The van der Waals surface area contributed by atoms with Crippen LogP contribution in [0.4, 0.5) is 13.2 Å².